The normalized spacial score (nSPS) is 12.8. The van der Waals surface area contributed by atoms with Crippen LogP contribution in [0.1, 0.15) is 12.5 Å². The molecular weight excluding hydrogens is 146 g/mol. The minimum absolute atomic E-state index is 0.380. The third kappa shape index (κ3) is 2.07. The summed E-state index contributed by atoms with van der Waals surface area (Å²) < 4.78 is 4.55. The SMILES string of the molecule is CC(Cc1cnoc1)C(=O)O. The molecule has 0 amide bonds. The molecule has 1 aromatic heterocycles. The van der Waals surface area contributed by atoms with Gasteiger partial charge in [0, 0.05) is 5.56 Å². The topological polar surface area (TPSA) is 63.3 Å². The van der Waals surface area contributed by atoms with Crippen LogP contribution < -0.4 is 0 Å². The fourth-order valence-electron chi connectivity index (χ4n) is 0.768. The van der Waals surface area contributed by atoms with Crippen LogP contribution in [0.25, 0.3) is 0 Å². The van der Waals surface area contributed by atoms with E-state index >= 15 is 0 Å². The van der Waals surface area contributed by atoms with E-state index in [0.717, 1.165) is 5.56 Å². The lowest BCUT2D eigenvalue weighted by Crippen LogP contribution is -2.11. The zero-order valence-electron chi connectivity index (χ0n) is 6.15. The summed E-state index contributed by atoms with van der Waals surface area (Å²) in [6, 6.07) is 0. The predicted molar refractivity (Wildman–Crippen MR) is 37.0 cm³/mol. The summed E-state index contributed by atoms with van der Waals surface area (Å²) in [5.74, 6) is -1.18. The highest BCUT2D eigenvalue weighted by Gasteiger charge is 2.11. The lowest BCUT2D eigenvalue weighted by molar-refractivity contribution is -0.141. The van der Waals surface area contributed by atoms with Crippen molar-refractivity contribution in [3.8, 4) is 0 Å². The van der Waals surface area contributed by atoms with Crippen molar-refractivity contribution in [1.29, 1.82) is 0 Å². The van der Waals surface area contributed by atoms with E-state index in [-0.39, 0.29) is 5.92 Å². The summed E-state index contributed by atoms with van der Waals surface area (Å²) in [5, 5.41) is 12.0. The van der Waals surface area contributed by atoms with E-state index in [2.05, 4.69) is 9.68 Å². The molecule has 0 saturated heterocycles. The second-order valence-corrected chi connectivity index (χ2v) is 2.48. The molecule has 0 aliphatic heterocycles. The lowest BCUT2D eigenvalue weighted by atomic mass is 10.1. The number of aromatic nitrogens is 1. The summed E-state index contributed by atoms with van der Waals surface area (Å²) in [4.78, 5) is 10.4. The number of nitrogens with zero attached hydrogens (tertiary/aromatic N) is 1. The smallest absolute Gasteiger partial charge is 0.306 e. The van der Waals surface area contributed by atoms with Gasteiger partial charge >= 0.3 is 5.97 Å². The molecule has 0 spiro atoms. The van der Waals surface area contributed by atoms with Crippen LogP contribution in [-0.2, 0) is 11.2 Å². The van der Waals surface area contributed by atoms with Crippen LogP contribution in [0.3, 0.4) is 0 Å². The van der Waals surface area contributed by atoms with Crippen LogP contribution >= 0.6 is 0 Å². The third-order valence-corrected chi connectivity index (χ3v) is 1.45. The summed E-state index contributed by atoms with van der Waals surface area (Å²) >= 11 is 0. The van der Waals surface area contributed by atoms with Gasteiger partial charge in [0.25, 0.3) is 0 Å². The van der Waals surface area contributed by atoms with Crippen molar-refractivity contribution in [3.05, 3.63) is 18.0 Å². The van der Waals surface area contributed by atoms with Gasteiger partial charge in [-0.3, -0.25) is 4.79 Å². The predicted octanol–water partition coefficient (Wildman–Crippen LogP) is 0.938. The molecule has 1 N–H and O–H groups in total. The quantitative estimate of drug-likeness (QED) is 0.705. The maximum Gasteiger partial charge on any atom is 0.306 e. The maximum absolute atomic E-state index is 10.4. The Balaban J connectivity index is 2.50. The fourth-order valence-corrected chi connectivity index (χ4v) is 0.768. The molecule has 0 aromatic carbocycles. The molecule has 4 heteroatoms. The Labute approximate surface area is 63.8 Å². The van der Waals surface area contributed by atoms with E-state index in [4.69, 9.17) is 5.11 Å². The first-order valence-electron chi connectivity index (χ1n) is 3.31. The average Bonchev–Trinajstić information content (AvgIpc) is 2.39. The van der Waals surface area contributed by atoms with Crippen LogP contribution in [0.15, 0.2) is 17.0 Å². The van der Waals surface area contributed by atoms with Crippen molar-refractivity contribution in [2.45, 2.75) is 13.3 Å². The minimum Gasteiger partial charge on any atom is -0.481 e. The summed E-state index contributed by atoms with van der Waals surface area (Å²) in [5.41, 5.74) is 0.819. The first-order valence-corrected chi connectivity index (χ1v) is 3.31. The Hall–Kier alpha value is -1.32. The molecule has 0 aliphatic rings. The van der Waals surface area contributed by atoms with Crippen LogP contribution in [0.4, 0.5) is 0 Å². The van der Waals surface area contributed by atoms with E-state index in [9.17, 15) is 4.79 Å². The fraction of sp³-hybridized carbons (Fsp3) is 0.429. The van der Waals surface area contributed by atoms with Gasteiger partial charge in [0.2, 0.25) is 0 Å². The largest absolute Gasteiger partial charge is 0.481 e. The van der Waals surface area contributed by atoms with Crippen molar-refractivity contribution in [1.82, 2.24) is 5.16 Å². The Morgan fingerprint density at radius 2 is 2.64 bits per heavy atom. The van der Waals surface area contributed by atoms with Gasteiger partial charge in [-0.1, -0.05) is 12.1 Å². The highest BCUT2D eigenvalue weighted by Crippen LogP contribution is 2.06. The number of hydrogen-bond acceptors (Lipinski definition) is 3. The maximum atomic E-state index is 10.4. The lowest BCUT2D eigenvalue weighted by Gasteiger charge is -2.00. The Morgan fingerprint density at radius 3 is 3.09 bits per heavy atom. The molecule has 11 heavy (non-hydrogen) atoms. The van der Waals surface area contributed by atoms with Crippen LogP contribution in [0, 0.1) is 5.92 Å². The van der Waals surface area contributed by atoms with E-state index in [1.54, 1.807) is 6.92 Å². The van der Waals surface area contributed by atoms with Gasteiger partial charge in [0.05, 0.1) is 12.1 Å². The molecule has 1 unspecified atom stereocenters. The standard InChI is InChI=1S/C7H9NO3/c1-5(7(9)10)2-6-3-8-11-4-6/h3-5H,2H2,1H3,(H,9,10). The minimum atomic E-state index is -0.800. The van der Waals surface area contributed by atoms with Gasteiger partial charge in [-0.25, -0.2) is 0 Å². The number of rotatable bonds is 3. The van der Waals surface area contributed by atoms with Gasteiger partial charge in [0.1, 0.15) is 6.26 Å². The number of carboxylic acid groups (broad SMARTS) is 1. The molecule has 0 aliphatic carbocycles. The van der Waals surface area contributed by atoms with E-state index in [0.29, 0.717) is 6.42 Å². The summed E-state index contributed by atoms with van der Waals surface area (Å²) in [7, 11) is 0. The van der Waals surface area contributed by atoms with E-state index in [1.165, 1.54) is 12.5 Å². The molecule has 0 fully saturated rings. The van der Waals surface area contributed by atoms with Gasteiger partial charge in [-0.05, 0) is 6.42 Å². The Morgan fingerprint density at radius 1 is 1.91 bits per heavy atom. The molecule has 1 heterocycles. The molecule has 0 radical (unpaired) electrons. The Bertz CT molecular complexity index is 230. The highest BCUT2D eigenvalue weighted by atomic mass is 16.5. The molecule has 60 valence electrons. The molecule has 1 rings (SSSR count). The van der Waals surface area contributed by atoms with E-state index < -0.39 is 5.97 Å². The zero-order valence-corrected chi connectivity index (χ0v) is 6.15. The second-order valence-electron chi connectivity index (χ2n) is 2.48. The zero-order chi connectivity index (χ0) is 8.27. The number of hydrogen-bond donors (Lipinski definition) is 1. The highest BCUT2D eigenvalue weighted by molar-refractivity contribution is 5.69. The number of carbonyl (C=O) groups is 1. The molecular formula is C7H9NO3. The molecule has 1 aromatic rings. The van der Waals surface area contributed by atoms with Crippen molar-refractivity contribution in [2.75, 3.05) is 0 Å². The van der Waals surface area contributed by atoms with Gasteiger partial charge in [0.15, 0.2) is 0 Å². The van der Waals surface area contributed by atoms with Crippen LogP contribution in [0.2, 0.25) is 0 Å². The van der Waals surface area contributed by atoms with Crippen molar-refractivity contribution >= 4 is 5.97 Å². The van der Waals surface area contributed by atoms with Gasteiger partial charge in [-0.15, -0.1) is 0 Å². The van der Waals surface area contributed by atoms with Gasteiger partial charge < -0.3 is 9.63 Å². The van der Waals surface area contributed by atoms with Crippen molar-refractivity contribution in [3.63, 3.8) is 0 Å². The first kappa shape index (κ1) is 7.78. The molecule has 0 saturated carbocycles. The van der Waals surface area contributed by atoms with Crippen molar-refractivity contribution in [2.24, 2.45) is 5.92 Å². The summed E-state index contributed by atoms with van der Waals surface area (Å²) in [6.07, 6.45) is 3.46. The van der Waals surface area contributed by atoms with Crippen LogP contribution in [-0.4, -0.2) is 16.2 Å². The van der Waals surface area contributed by atoms with E-state index in [1.807, 2.05) is 0 Å². The number of aliphatic carboxylic acids is 1. The first-order chi connectivity index (χ1) is 5.20. The Kier molecular flexibility index (Phi) is 2.25. The third-order valence-electron chi connectivity index (χ3n) is 1.45. The molecule has 1 atom stereocenters. The van der Waals surface area contributed by atoms with Crippen LogP contribution in [0.5, 0.6) is 0 Å². The molecule has 0 bridgehead atoms. The average molecular weight is 155 g/mol. The number of carboxylic acids is 1. The summed E-state index contributed by atoms with van der Waals surface area (Å²) in [6.45, 7) is 1.65. The van der Waals surface area contributed by atoms with Crippen molar-refractivity contribution < 1.29 is 14.4 Å². The monoisotopic (exact) mass is 155 g/mol. The second kappa shape index (κ2) is 3.18. The van der Waals surface area contributed by atoms with Gasteiger partial charge in [-0.2, -0.15) is 0 Å². The molecule has 4 nitrogen and oxygen atoms in total.